The van der Waals surface area contributed by atoms with Crippen molar-refractivity contribution < 1.29 is 18.0 Å². The van der Waals surface area contributed by atoms with Gasteiger partial charge in [0.25, 0.3) is 10.0 Å². The van der Waals surface area contributed by atoms with Crippen LogP contribution in [-0.4, -0.2) is 44.3 Å². The van der Waals surface area contributed by atoms with Crippen LogP contribution in [0.15, 0.2) is 83.8 Å². The maximum atomic E-state index is 13.9. The van der Waals surface area contributed by atoms with Crippen LogP contribution in [-0.2, 0) is 26.2 Å². The van der Waals surface area contributed by atoms with Gasteiger partial charge in [0, 0.05) is 18.1 Å². The van der Waals surface area contributed by atoms with Crippen LogP contribution in [0.25, 0.3) is 0 Å². The van der Waals surface area contributed by atoms with E-state index in [1.54, 1.807) is 61.5 Å². The first kappa shape index (κ1) is 30.2. The van der Waals surface area contributed by atoms with Gasteiger partial charge in [-0.15, -0.1) is 0 Å². The third kappa shape index (κ3) is 7.61. The van der Waals surface area contributed by atoms with Crippen LogP contribution in [0.3, 0.4) is 0 Å². The molecule has 2 amide bonds. The van der Waals surface area contributed by atoms with E-state index in [1.807, 2.05) is 19.1 Å². The van der Waals surface area contributed by atoms with Gasteiger partial charge in [-0.25, -0.2) is 8.42 Å². The highest BCUT2D eigenvalue weighted by Gasteiger charge is 2.32. The monoisotopic (exact) mass is 569 g/mol. The highest BCUT2D eigenvalue weighted by molar-refractivity contribution is 7.92. The van der Waals surface area contributed by atoms with Gasteiger partial charge in [-0.2, -0.15) is 0 Å². The van der Waals surface area contributed by atoms with Crippen LogP contribution in [0.2, 0.25) is 5.02 Å². The Labute approximate surface area is 236 Å². The molecule has 208 valence electrons. The lowest BCUT2D eigenvalue weighted by atomic mass is 10.0. The lowest BCUT2D eigenvalue weighted by Crippen LogP contribution is -2.51. The Kier molecular flexibility index (Phi) is 10.5. The zero-order chi connectivity index (χ0) is 28.6. The molecule has 3 aromatic carbocycles. The zero-order valence-corrected chi connectivity index (χ0v) is 24.4. The number of rotatable bonds is 12. The van der Waals surface area contributed by atoms with Crippen molar-refractivity contribution in [2.24, 2.45) is 0 Å². The van der Waals surface area contributed by atoms with Gasteiger partial charge in [-0.3, -0.25) is 13.9 Å². The van der Waals surface area contributed by atoms with E-state index in [2.05, 4.69) is 19.2 Å². The predicted octanol–water partition coefficient (Wildman–Crippen LogP) is 5.60. The molecule has 0 fully saturated rings. The summed E-state index contributed by atoms with van der Waals surface area (Å²) in [5.41, 5.74) is 2.06. The van der Waals surface area contributed by atoms with Crippen LogP contribution in [0.1, 0.15) is 51.2 Å². The van der Waals surface area contributed by atoms with E-state index in [1.165, 1.54) is 17.0 Å². The van der Waals surface area contributed by atoms with Gasteiger partial charge in [0.2, 0.25) is 11.8 Å². The number of hydrogen-bond acceptors (Lipinski definition) is 4. The SMILES string of the molecule is CCCNC(=O)C(C)N(Cc1ccccc1Cl)C(=O)CN(c1ccc(C(C)C)cc1)S(=O)(=O)c1ccccc1. The van der Waals surface area contributed by atoms with Crippen molar-refractivity contribution in [3.05, 3.63) is 95.0 Å². The third-order valence-electron chi connectivity index (χ3n) is 6.47. The number of benzene rings is 3. The Morgan fingerprint density at radius 3 is 2.10 bits per heavy atom. The van der Waals surface area contributed by atoms with Gasteiger partial charge >= 0.3 is 0 Å². The van der Waals surface area contributed by atoms with Crippen molar-refractivity contribution in [3.8, 4) is 0 Å². The first-order valence-corrected chi connectivity index (χ1v) is 14.9. The summed E-state index contributed by atoms with van der Waals surface area (Å²) in [6, 6.07) is 21.4. The number of halogens is 1. The van der Waals surface area contributed by atoms with Crippen molar-refractivity contribution in [3.63, 3.8) is 0 Å². The van der Waals surface area contributed by atoms with Crippen molar-refractivity contribution in [1.29, 1.82) is 0 Å². The molecule has 0 aliphatic heterocycles. The number of amides is 2. The molecule has 0 heterocycles. The maximum absolute atomic E-state index is 13.9. The number of hydrogen-bond donors (Lipinski definition) is 1. The second-order valence-corrected chi connectivity index (χ2v) is 11.9. The van der Waals surface area contributed by atoms with Crippen molar-refractivity contribution >= 4 is 39.1 Å². The van der Waals surface area contributed by atoms with E-state index < -0.39 is 28.5 Å². The van der Waals surface area contributed by atoms with E-state index in [-0.39, 0.29) is 23.3 Å². The molecule has 0 saturated carbocycles. The van der Waals surface area contributed by atoms with Gasteiger partial charge in [0.05, 0.1) is 10.6 Å². The number of carbonyl (C=O) groups is 2. The quantitative estimate of drug-likeness (QED) is 0.307. The van der Waals surface area contributed by atoms with Crippen LogP contribution < -0.4 is 9.62 Å². The van der Waals surface area contributed by atoms with Gasteiger partial charge in [-0.05, 0) is 60.7 Å². The van der Waals surface area contributed by atoms with Gasteiger partial charge < -0.3 is 10.2 Å². The minimum Gasteiger partial charge on any atom is -0.354 e. The lowest BCUT2D eigenvalue weighted by Gasteiger charge is -2.32. The summed E-state index contributed by atoms with van der Waals surface area (Å²) in [7, 11) is -4.10. The minimum absolute atomic E-state index is 0.0464. The van der Waals surface area contributed by atoms with E-state index in [4.69, 9.17) is 11.6 Å². The molecule has 1 atom stereocenters. The highest BCUT2D eigenvalue weighted by Crippen LogP contribution is 2.27. The summed E-state index contributed by atoms with van der Waals surface area (Å²) in [6.45, 7) is 7.69. The van der Waals surface area contributed by atoms with E-state index in [9.17, 15) is 18.0 Å². The molecule has 1 N–H and O–H groups in total. The lowest BCUT2D eigenvalue weighted by molar-refractivity contribution is -0.139. The first-order valence-electron chi connectivity index (χ1n) is 13.0. The molecule has 0 bridgehead atoms. The second kappa shape index (κ2) is 13.6. The predicted molar refractivity (Wildman–Crippen MR) is 156 cm³/mol. The number of sulfonamides is 1. The summed E-state index contributed by atoms with van der Waals surface area (Å²) in [5.74, 6) is -0.592. The van der Waals surface area contributed by atoms with Crippen molar-refractivity contribution in [2.45, 2.75) is 57.5 Å². The minimum atomic E-state index is -4.10. The largest absolute Gasteiger partial charge is 0.354 e. The molecule has 0 aromatic heterocycles. The Morgan fingerprint density at radius 2 is 1.51 bits per heavy atom. The van der Waals surface area contributed by atoms with Gasteiger partial charge in [0.15, 0.2) is 0 Å². The van der Waals surface area contributed by atoms with E-state index in [0.717, 1.165) is 16.3 Å². The molecule has 0 radical (unpaired) electrons. The molecule has 0 aliphatic carbocycles. The Hall–Kier alpha value is -3.36. The zero-order valence-electron chi connectivity index (χ0n) is 22.8. The van der Waals surface area contributed by atoms with E-state index >= 15 is 0 Å². The average Bonchev–Trinajstić information content (AvgIpc) is 2.94. The molecule has 0 saturated heterocycles. The highest BCUT2D eigenvalue weighted by atomic mass is 35.5. The number of carbonyl (C=O) groups excluding carboxylic acids is 2. The molecule has 0 aliphatic rings. The third-order valence-corrected chi connectivity index (χ3v) is 8.63. The second-order valence-electron chi connectivity index (χ2n) is 9.65. The topological polar surface area (TPSA) is 86.8 Å². The molecule has 39 heavy (non-hydrogen) atoms. The number of nitrogens with one attached hydrogen (secondary N) is 1. The summed E-state index contributed by atoms with van der Waals surface area (Å²) in [6.07, 6.45) is 0.742. The molecule has 7 nitrogen and oxygen atoms in total. The number of anilines is 1. The van der Waals surface area contributed by atoms with Crippen LogP contribution in [0.5, 0.6) is 0 Å². The number of nitrogens with zero attached hydrogens (tertiary/aromatic N) is 2. The Balaban J connectivity index is 2.03. The molecular weight excluding hydrogens is 534 g/mol. The van der Waals surface area contributed by atoms with Gasteiger partial charge in [-0.1, -0.05) is 80.9 Å². The molecule has 1 unspecified atom stereocenters. The summed E-state index contributed by atoms with van der Waals surface area (Å²) in [4.78, 5) is 28.3. The first-order chi connectivity index (χ1) is 18.6. The van der Waals surface area contributed by atoms with Crippen LogP contribution in [0, 0.1) is 0 Å². The molecular formula is C30H36ClN3O4S. The fraction of sp³-hybridized carbons (Fsp3) is 0.333. The fourth-order valence-electron chi connectivity index (χ4n) is 4.06. The van der Waals surface area contributed by atoms with E-state index in [0.29, 0.717) is 22.8 Å². The molecule has 9 heteroatoms. The fourth-order valence-corrected chi connectivity index (χ4v) is 5.69. The van der Waals surface area contributed by atoms with Gasteiger partial charge in [0.1, 0.15) is 12.6 Å². The smallest absolute Gasteiger partial charge is 0.264 e. The normalized spacial score (nSPS) is 12.2. The Morgan fingerprint density at radius 1 is 0.897 bits per heavy atom. The Bertz CT molecular complexity index is 1360. The molecule has 3 aromatic rings. The maximum Gasteiger partial charge on any atom is 0.264 e. The molecule has 3 rings (SSSR count). The van der Waals surface area contributed by atoms with Crippen molar-refractivity contribution in [1.82, 2.24) is 10.2 Å². The molecule has 0 spiro atoms. The summed E-state index contributed by atoms with van der Waals surface area (Å²) >= 11 is 6.39. The summed E-state index contributed by atoms with van der Waals surface area (Å²) in [5, 5.41) is 3.28. The standard InChI is InChI=1S/C30H36ClN3O4S/c1-5-19-32-30(36)23(4)33(20-25-11-9-10-14-28(25)31)29(35)21-34(26-17-15-24(16-18-26)22(2)3)39(37,38)27-12-7-6-8-13-27/h6-18,22-23H,5,19-21H2,1-4H3,(H,32,36). The van der Waals surface area contributed by atoms with Crippen LogP contribution >= 0.6 is 11.6 Å². The average molecular weight is 570 g/mol. The van der Waals surface area contributed by atoms with Crippen molar-refractivity contribution in [2.75, 3.05) is 17.4 Å². The van der Waals surface area contributed by atoms with Crippen LogP contribution in [0.4, 0.5) is 5.69 Å². The summed E-state index contributed by atoms with van der Waals surface area (Å²) < 4.78 is 28.7.